The molecule has 1 heterocycles. The Kier molecular flexibility index (Phi) is 5.72. The molecule has 3 rings (SSSR count). The van der Waals surface area contributed by atoms with Gasteiger partial charge in [-0.2, -0.15) is 0 Å². The second-order valence-electron chi connectivity index (χ2n) is 5.79. The first-order chi connectivity index (χ1) is 12.2. The van der Waals surface area contributed by atoms with Crippen molar-refractivity contribution in [2.45, 2.75) is 12.8 Å². The minimum atomic E-state index is -0.256. The molecule has 1 aliphatic heterocycles. The highest BCUT2D eigenvalue weighted by Crippen LogP contribution is 2.30. The van der Waals surface area contributed by atoms with Crippen molar-refractivity contribution in [1.29, 1.82) is 0 Å². The molecule has 2 aromatic rings. The van der Waals surface area contributed by atoms with Gasteiger partial charge in [-0.1, -0.05) is 18.2 Å². The van der Waals surface area contributed by atoms with Gasteiger partial charge in [0.2, 0.25) is 0 Å². The molecule has 0 unspecified atom stereocenters. The zero-order valence-electron chi connectivity index (χ0n) is 13.9. The maximum Gasteiger partial charge on any atom is 0.314 e. The SMILES string of the molecule is O=C(NCCc1ccc(F)cc1)NCCc1ccc2c(c1)OCCO2. The van der Waals surface area contributed by atoms with Crippen molar-refractivity contribution in [3.8, 4) is 11.5 Å². The summed E-state index contributed by atoms with van der Waals surface area (Å²) in [6.07, 6.45) is 1.37. The number of hydrogen-bond donors (Lipinski definition) is 2. The first kappa shape index (κ1) is 17.1. The van der Waals surface area contributed by atoms with Crippen LogP contribution in [0.5, 0.6) is 11.5 Å². The van der Waals surface area contributed by atoms with E-state index in [1.165, 1.54) is 12.1 Å². The van der Waals surface area contributed by atoms with Gasteiger partial charge in [0.05, 0.1) is 0 Å². The van der Waals surface area contributed by atoms with Crippen LogP contribution in [0.4, 0.5) is 9.18 Å². The lowest BCUT2D eigenvalue weighted by atomic mass is 10.1. The largest absolute Gasteiger partial charge is 0.486 e. The van der Waals surface area contributed by atoms with Crippen LogP contribution in [0.2, 0.25) is 0 Å². The minimum Gasteiger partial charge on any atom is -0.486 e. The van der Waals surface area contributed by atoms with Crippen molar-refractivity contribution in [3.63, 3.8) is 0 Å². The fraction of sp³-hybridized carbons (Fsp3) is 0.316. The van der Waals surface area contributed by atoms with Gasteiger partial charge in [-0.3, -0.25) is 0 Å². The van der Waals surface area contributed by atoms with Gasteiger partial charge < -0.3 is 20.1 Å². The van der Waals surface area contributed by atoms with E-state index in [-0.39, 0.29) is 11.8 Å². The van der Waals surface area contributed by atoms with Crippen LogP contribution in [0.1, 0.15) is 11.1 Å². The molecule has 132 valence electrons. The zero-order chi connectivity index (χ0) is 17.5. The normalized spacial score (nSPS) is 12.5. The molecule has 6 heteroatoms. The number of carbonyl (C=O) groups excluding carboxylic acids is 1. The van der Waals surface area contributed by atoms with Crippen LogP contribution in [-0.2, 0) is 12.8 Å². The summed E-state index contributed by atoms with van der Waals surface area (Å²) in [7, 11) is 0. The topological polar surface area (TPSA) is 59.6 Å². The van der Waals surface area contributed by atoms with E-state index in [0.29, 0.717) is 39.1 Å². The van der Waals surface area contributed by atoms with E-state index >= 15 is 0 Å². The van der Waals surface area contributed by atoms with E-state index in [1.54, 1.807) is 12.1 Å². The van der Waals surface area contributed by atoms with Crippen molar-refractivity contribution < 1.29 is 18.7 Å². The van der Waals surface area contributed by atoms with Crippen molar-refractivity contribution in [2.75, 3.05) is 26.3 Å². The highest BCUT2D eigenvalue weighted by Gasteiger charge is 2.11. The first-order valence-electron chi connectivity index (χ1n) is 8.35. The van der Waals surface area contributed by atoms with Crippen molar-refractivity contribution in [1.82, 2.24) is 10.6 Å². The molecule has 0 spiro atoms. The third-order valence-corrected chi connectivity index (χ3v) is 3.92. The molecule has 0 saturated heterocycles. The average Bonchev–Trinajstić information content (AvgIpc) is 2.63. The summed E-state index contributed by atoms with van der Waals surface area (Å²) in [5.41, 5.74) is 2.06. The molecular weight excluding hydrogens is 323 g/mol. The Labute approximate surface area is 146 Å². The Morgan fingerprint density at radius 1 is 0.880 bits per heavy atom. The maximum atomic E-state index is 12.8. The summed E-state index contributed by atoms with van der Waals surface area (Å²) in [5, 5.41) is 5.62. The van der Waals surface area contributed by atoms with Gasteiger partial charge in [0.15, 0.2) is 11.5 Å². The van der Waals surface area contributed by atoms with Crippen LogP contribution in [0, 0.1) is 5.82 Å². The van der Waals surface area contributed by atoms with Crippen LogP contribution in [0.3, 0.4) is 0 Å². The van der Waals surface area contributed by atoms with Crippen LogP contribution in [0.25, 0.3) is 0 Å². The molecule has 0 fully saturated rings. The van der Waals surface area contributed by atoms with Crippen LogP contribution in [-0.4, -0.2) is 32.3 Å². The predicted octanol–water partition coefficient (Wildman–Crippen LogP) is 2.68. The molecule has 1 aliphatic rings. The molecule has 25 heavy (non-hydrogen) atoms. The number of ether oxygens (including phenoxy) is 2. The van der Waals surface area contributed by atoms with E-state index in [1.807, 2.05) is 18.2 Å². The summed E-state index contributed by atoms with van der Waals surface area (Å²) in [6.45, 7) is 2.17. The highest BCUT2D eigenvalue weighted by molar-refractivity contribution is 5.73. The van der Waals surface area contributed by atoms with Gasteiger partial charge in [-0.05, 0) is 48.2 Å². The molecule has 0 atom stereocenters. The molecular formula is C19H21FN2O3. The Bertz CT molecular complexity index is 719. The molecule has 2 amide bonds. The smallest absolute Gasteiger partial charge is 0.314 e. The Hall–Kier alpha value is -2.76. The first-order valence-corrected chi connectivity index (χ1v) is 8.35. The van der Waals surface area contributed by atoms with E-state index in [0.717, 1.165) is 22.6 Å². The Morgan fingerprint density at radius 3 is 2.20 bits per heavy atom. The quantitative estimate of drug-likeness (QED) is 0.847. The number of benzene rings is 2. The van der Waals surface area contributed by atoms with E-state index in [9.17, 15) is 9.18 Å². The molecule has 0 radical (unpaired) electrons. The lowest BCUT2D eigenvalue weighted by Gasteiger charge is -2.18. The maximum absolute atomic E-state index is 12.8. The summed E-state index contributed by atoms with van der Waals surface area (Å²) in [5.74, 6) is 1.27. The molecule has 0 aliphatic carbocycles. The second kappa shape index (κ2) is 8.37. The molecule has 0 bridgehead atoms. The fourth-order valence-electron chi connectivity index (χ4n) is 2.60. The van der Waals surface area contributed by atoms with Gasteiger partial charge in [0, 0.05) is 13.1 Å². The van der Waals surface area contributed by atoms with Crippen LogP contribution >= 0.6 is 0 Å². The monoisotopic (exact) mass is 344 g/mol. The van der Waals surface area contributed by atoms with Crippen molar-refractivity contribution in [2.24, 2.45) is 0 Å². The lowest BCUT2D eigenvalue weighted by Crippen LogP contribution is -2.37. The fourth-order valence-corrected chi connectivity index (χ4v) is 2.60. The number of fused-ring (bicyclic) bond motifs is 1. The number of amides is 2. The number of nitrogens with one attached hydrogen (secondary N) is 2. The molecule has 2 aromatic carbocycles. The highest BCUT2D eigenvalue weighted by atomic mass is 19.1. The number of halogens is 1. The summed E-state index contributed by atoms with van der Waals surface area (Å²) in [6, 6.07) is 11.9. The minimum absolute atomic E-state index is 0.209. The van der Waals surface area contributed by atoms with Crippen molar-refractivity contribution >= 4 is 6.03 Å². The molecule has 5 nitrogen and oxygen atoms in total. The van der Waals surface area contributed by atoms with E-state index < -0.39 is 0 Å². The average molecular weight is 344 g/mol. The number of carbonyl (C=O) groups is 1. The van der Waals surface area contributed by atoms with Gasteiger partial charge in [0.1, 0.15) is 19.0 Å². The summed E-state index contributed by atoms with van der Waals surface area (Å²) in [4.78, 5) is 11.8. The van der Waals surface area contributed by atoms with Gasteiger partial charge in [0.25, 0.3) is 0 Å². The summed E-state index contributed by atoms with van der Waals surface area (Å²) < 4.78 is 23.8. The lowest BCUT2D eigenvalue weighted by molar-refractivity contribution is 0.171. The van der Waals surface area contributed by atoms with E-state index in [2.05, 4.69) is 10.6 Å². The summed E-state index contributed by atoms with van der Waals surface area (Å²) >= 11 is 0. The van der Waals surface area contributed by atoms with Crippen LogP contribution in [0.15, 0.2) is 42.5 Å². The number of hydrogen-bond acceptors (Lipinski definition) is 3. The Balaban J connectivity index is 1.35. The standard InChI is InChI=1S/C19H21FN2O3/c20-16-4-1-14(2-5-16)7-9-21-19(23)22-10-8-15-3-6-17-18(13-15)25-12-11-24-17/h1-6,13H,7-12H2,(H2,21,22,23). The predicted molar refractivity (Wildman–Crippen MR) is 92.6 cm³/mol. The van der Waals surface area contributed by atoms with Crippen LogP contribution < -0.4 is 20.1 Å². The van der Waals surface area contributed by atoms with Gasteiger partial charge in [-0.25, -0.2) is 9.18 Å². The van der Waals surface area contributed by atoms with Crippen molar-refractivity contribution in [3.05, 3.63) is 59.4 Å². The number of rotatable bonds is 6. The third kappa shape index (κ3) is 5.11. The molecule has 0 saturated carbocycles. The van der Waals surface area contributed by atoms with Gasteiger partial charge in [-0.15, -0.1) is 0 Å². The van der Waals surface area contributed by atoms with Gasteiger partial charge >= 0.3 is 6.03 Å². The molecule has 2 N–H and O–H groups in total. The van der Waals surface area contributed by atoms with E-state index in [4.69, 9.17) is 9.47 Å². The molecule has 0 aromatic heterocycles. The number of urea groups is 1. The second-order valence-corrected chi connectivity index (χ2v) is 5.79. The zero-order valence-corrected chi connectivity index (χ0v) is 13.9. The third-order valence-electron chi connectivity index (χ3n) is 3.92. The Morgan fingerprint density at radius 2 is 1.48 bits per heavy atom.